The molecule has 2 aromatic rings. The Balaban J connectivity index is 1.33. The van der Waals surface area contributed by atoms with Crippen molar-refractivity contribution in [2.45, 2.75) is 62.6 Å². The van der Waals surface area contributed by atoms with Gasteiger partial charge in [0.05, 0.1) is 22.1 Å². The highest BCUT2D eigenvalue weighted by Gasteiger charge is 2.47. The molecule has 4 aliphatic heterocycles. The fraction of sp³-hybridized carbons (Fsp3) is 0.500. The maximum Gasteiger partial charge on any atom is 0.334 e. The van der Waals surface area contributed by atoms with E-state index in [0.29, 0.717) is 56.4 Å². The van der Waals surface area contributed by atoms with Crippen molar-refractivity contribution in [1.82, 2.24) is 25.0 Å². The summed E-state index contributed by atoms with van der Waals surface area (Å²) in [6, 6.07) is 6.51. The number of aliphatic carboxylic acids is 2. The van der Waals surface area contributed by atoms with Crippen LogP contribution in [0.1, 0.15) is 48.6 Å². The number of carboxylic acids is 2. The third-order valence-corrected chi connectivity index (χ3v) is 11.5. The Bertz CT molecular complexity index is 1490. The largest absolute Gasteiger partial charge is 0.478 e. The maximum absolute atomic E-state index is 14.6. The standard InChI is InChI=1S/C32H37Cl2N5O5S/c1-37-18-5-6-19(37)16-20(15-18)38-10-12-39(13-11-38)30(40)29(27-22(33)3-2-4-23(27)34)26-21(31(41)42)17-36-24(28(26)32(43)44)7-8-25-35-9-14-45-25/h2-4,9,14,17-20,26,29,36H,5-8,10-13,15-16H2,1H3,(H,41,42)(H,43,44). The number of aromatic nitrogens is 1. The van der Waals surface area contributed by atoms with E-state index < -0.39 is 23.8 Å². The number of nitrogens with one attached hydrogen (secondary N) is 1. The second-order valence-electron chi connectivity index (χ2n) is 12.3. The molecule has 1 aromatic heterocycles. The molecule has 0 saturated carbocycles. The minimum atomic E-state index is -1.33. The molecule has 3 fully saturated rings. The van der Waals surface area contributed by atoms with Gasteiger partial charge in [-0.3, -0.25) is 9.69 Å². The van der Waals surface area contributed by atoms with Crippen LogP contribution >= 0.6 is 34.5 Å². The average Bonchev–Trinajstić information content (AvgIpc) is 3.60. The Hall–Kier alpha value is -2.96. The van der Waals surface area contributed by atoms with Crippen molar-refractivity contribution in [2.75, 3.05) is 33.2 Å². The van der Waals surface area contributed by atoms with E-state index in [9.17, 15) is 24.6 Å². The van der Waals surface area contributed by atoms with Crippen molar-refractivity contribution in [3.05, 3.63) is 73.4 Å². The molecule has 10 nitrogen and oxygen atoms in total. The van der Waals surface area contributed by atoms with Gasteiger partial charge in [0.25, 0.3) is 0 Å². The highest BCUT2D eigenvalue weighted by atomic mass is 35.5. The van der Waals surface area contributed by atoms with E-state index in [1.165, 1.54) is 30.4 Å². The molecule has 1 aromatic carbocycles. The number of rotatable bonds is 9. The van der Waals surface area contributed by atoms with E-state index in [1.54, 1.807) is 29.3 Å². The number of fused-ring (bicyclic) bond motifs is 2. The summed E-state index contributed by atoms with van der Waals surface area (Å²) in [5, 5.41) is 26.8. The molecule has 6 rings (SSSR count). The number of halogens is 2. The van der Waals surface area contributed by atoms with Gasteiger partial charge in [0.2, 0.25) is 5.91 Å². The van der Waals surface area contributed by atoms with Crippen LogP contribution in [0.4, 0.5) is 0 Å². The molecule has 5 heterocycles. The lowest BCUT2D eigenvalue weighted by Crippen LogP contribution is -2.56. The monoisotopic (exact) mass is 673 g/mol. The average molecular weight is 675 g/mol. The van der Waals surface area contributed by atoms with Gasteiger partial charge in [0.15, 0.2) is 0 Å². The van der Waals surface area contributed by atoms with Gasteiger partial charge in [0, 0.05) is 95.7 Å². The van der Waals surface area contributed by atoms with E-state index in [0.717, 1.165) is 17.8 Å². The van der Waals surface area contributed by atoms with Gasteiger partial charge in [-0.25, -0.2) is 14.6 Å². The summed E-state index contributed by atoms with van der Waals surface area (Å²) < 4.78 is 0. The molecule has 2 bridgehead atoms. The molecule has 4 aliphatic rings. The number of piperidine rings is 1. The lowest BCUT2D eigenvalue weighted by molar-refractivity contribution is -0.137. The number of hydrogen-bond acceptors (Lipinski definition) is 8. The molecule has 240 valence electrons. The number of nitrogens with zero attached hydrogens (tertiary/aromatic N) is 4. The third kappa shape index (κ3) is 6.38. The maximum atomic E-state index is 14.6. The Morgan fingerprint density at radius 1 is 1.00 bits per heavy atom. The van der Waals surface area contributed by atoms with E-state index in [4.69, 9.17) is 23.2 Å². The number of allylic oxidation sites excluding steroid dienone is 1. The molecule has 13 heteroatoms. The van der Waals surface area contributed by atoms with Gasteiger partial charge < -0.3 is 25.3 Å². The van der Waals surface area contributed by atoms with Crippen LogP contribution in [-0.4, -0.2) is 99.1 Å². The predicted molar refractivity (Wildman–Crippen MR) is 172 cm³/mol. The topological polar surface area (TPSA) is 126 Å². The summed E-state index contributed by atoms with van der Waals surface area (Å²) in [5.41, 5.74) is 0.147. The van der Waals surface area contributed by atoms with Gasteiger partial charge in [-0.2, -0.15) is 0 Å². The Labute approximate surface area is 276 Å². The van der Waals surface area contributed by atoms with E-state index >= 15 is 0 Å². The van der Waals surface area contributed by atoms with Crippen molar-refractivity contribution < 1.29 is 24.6 Å². The Morgan fingerprint density at radius 2 is 1.67 bits per heavy atom. The molecule has 3 N–H and O–H groups in total. The predicted octanol–water partition coefficient (Wildman–Crippen LogP) is 4.46. The number of piperazine rings is 1. The van der Waals surface area contributed by atoms with Gasteiger partial charge in [-0.15, -0.1) is 11.3 Å². The number of benzene rings is 1. The third-order valence-electron chi connectivity index (χ3n) is 10.0. The summed E-state index contributed by atoms with van der Waals surface area (Å²) in [5.74, 6) is -5.61. The van der Waals surface area contributed by atoms with Crippen LogP contribution in [0.15, 0.2) is 52.8 Å². The van der Waals surface area contributed by atoms with Crippen LogP contribution in [-0.2, 0) is 20.8 Å². The lowest BCUT2D eigenvalue weighted by Gasteiger charge is -2.45. The zero-order valence-electron chi connectivity index (χ0n) is 25.0. The Kier molecular flexibility index (Phi) is 9.54. The molecule has 0 aliphatic carbocycles. The zero-order chi connectivity index (χ0) is 31.8. The number of hydrogen-bond donors (Lipinski definition) is 3. The number of carboxylic acid groups (broad SMARTS) is 2. The number of dihydropyridines is 1. The number of thiazole rings is 1. The van der Waals surface area contributed by atoms with Crippen molar-refractivity contribution in [3.63, 3.8) is 0 Å². The van der Waals surface area contributed by atoms with E-state index in [2.05, 4.69) is 27.1 Å². The zero-order valence-corrected chi connectivity index (χ0v) is 27.3. The molecule has 45 heavy (non-hydrogen) atoms. The number of amides is 1. The molecule has 3 saturated heterocycles. The second-order valence-corrected chi connectivity index (χ2v) is 14.1. The van der Waals surface area contributed by atoms with Crippen LogP contribution < -0.4 is 5.32 Å². The molecular formula is C32H37Cl2N5O5S. The molecular weight excluding hydrogens is 637 g/mol. The molecule has 1 amide bonds. The lowest BCUT2D eigenvalue weighted by atomic mass is 9.73. The summed E-state index contributed by atoms with van der Waals surface area (Å²) >= 11 is 14.8. The quantitative estimate of drug-likeness (QED) is 0.354. The van der Waals surface area contributed by atoms with Crippen LogP contribution in [0.5, 0.6) is 0 Å². The number of aryl methyl sites for hydroxylation is 1. The fourth-order valence-corrected chi connectivity index (χ4v) is 8.97. The molecule has 0 spiro atoms. The minimum Gasteiger partial charge on any atom is -0.478 e. The van der Waals surface area contributed by atoms with Crippen LogP contribution in [0, 0.1) is 5.92 Å². The second kappa shape index (κ2) is 13.4. The van der Waals surface area contributed by atoms with Crippen molar-refractivity contribution in [1.29, 1.82) is 0 Å². The fourth-order valence-electron chi connectivity index (χ4n) is 7.72. The van der Waals surface area contributed by atoms with Crippen LogP contribution in [0.25, 0.3) is 0 Å². The van der Waals surface area contributed by atoms with Crippen molar-refractivity contribution >= 4 is 52.4 Å². The molecule has 4 unspecified atom stereocenters. The van der Waals surface area contributed by atoms with Crippen molar-refractivity contribution in [3.8, 4) is 0 Å². The summed E-state index contributed by atoms with van der Waals surface area (Å²) in [6.07, 6.45) is 8.41. The summed E-state index contributed by atoms with van der Waals surface area (Å²) in [7, 11) is 2.22. The van der Waals surface area contributed by atoms with Gasteiger partial charge >= 0.3 is 11.9 Å². The summed E-state index contributed by atoms with van der Waals surface area (Å²) in [4.78, 5) is 51.3. The minimum absolute atomic E-state index is 0.179. The number of carbonyl (C=O) groups excluding carboxylic acids is 1. The molecule has 4 atom stereocenters. The first-order valence-corrected chi connectivity index (χ1v) is 17.0. The smallest absolute Gasteiger partial charge is 0.334 e. The van der Waals surface area contributed by atoms with Gasteiger partial charge in [-0.05, 0) is 51.3 Å². The first-order valence-electron chi connectivity index (χ1n) is 15.4. The van der Waals surface area contributed by atoms with Crippen LogP contribution in [0.3, 0.4) is 0 Å². The highest BCUT2D eigenvalue weighted by Crippen LogP contribution is 2.45. The highest BCUT2D eigenvalue weighted by molar-refractivity contribution is 7.09. The normalized spacial score (nSPS) is 26.4. The first-order chi connectivity index (χ1) is 21.6. The summed E-state index contributed by atoms with van der Waals surface area (Å²) in [6.45, 7) is 2.27. The molecule has 0 radical (unpaired) electrons. The Morgan fingerprint density at radius 3 is 2.24 bits per heavy atom. The van der Waals surface area contributed by atoms with Gasteiger partial charge in [-0.1, -0.05) is 29.3 Å². The first kappa shape index (κ1) is 32.0. The van der Waals surface area contributed by atoms with Crippen LogP contribution in [0.2, 0.25) is 10.0 Å². The van der Waals surface area contributed by atoms with E-state index in [1.807, 2.05) is 5.38 Å². The van der Waals surface area contributed by atoms with Crippen molar-refractivity contribution in [2.24, 2.45) is 5.92 Å². The van der Waals surface area contributed by atoms with E-state index in [-0.39, 0.29) is 39.1 Å². The van der Waals surface area contributed by atoms with Gasteiger partial charge in [0.1, 0.15) is 0 Å². The SMILES string of the molecule is CN1C2CCC1CC(N1CCN(C(=O)C(c3c(Cl)cccc3Cl)C3C(C(=O)O)=CNC(CCc4nccs4)=C3C(=O)O)CC1)C2. The number of carbonyl (C=O) groups is 3.